The zero-order valence-corrected chi connectivity index (χ0v) is 17.4. The van der Waals surface area contributed by atoms with Crippen molar-refractivity contribution < 1.29 is 22.4 Å². The van der Waals surface area contributed by atoms with E-state index < -0.39 is 12.2 Å². The van der Waals surface area contributed by atoms with E-state index in [-0.39, 0.29) is 37.0 Å². The lowest BCUT2D eigenvalue weighted by molar-refractivity contribution is -0.164. The molecule has 1 N–H and O–H groups in total. The van der Waals surface area contributed by atoms with Crippen molar-refractivity contribution in [3.05, 3.63) is 52.6 Å². The maximum absolute atomic E-state index is 13.2. The largest absolute Gasteiger partial charge is 0.403 e. The van der Waals surface area contributed by atoms with E-state index in [2.05, 4.69) is 10.4 Å². The van der Waals surface area contributed by atoms with Crippen molar-refractivity contribution in [1.29, 1.82) is 0 Å². The fraction of sp³-hybridized carbons (Fsp3) is 0.545. The molecule has 1 aromatic heterocycles. The molecule has 2 aliphatic rings. The second-order valence-corrected chi connectivity index (χ2v) is 8.50. The van der Waals surface area contributed by atoms with E-state index in [1.165, 1.54) is 12.1 Å². The molecule has 1 aromatic carbocycles. The lowest BCUT2D eigenvalue weighted by atomic mass is 9.88. The van der Waals surface area contributed by atoms with Crippen LogP contribution in [-0.2, 0) is 24.3 Å². The van der Waals surface area contributed by atoms with Crippen molar-refractivity contribution in [2.75, 3.05) is 13.1 Å². The molecule has 2 aliphatic heterocycles. The third-order valence-electron chi connectivity index (χ3n) is 6.31. The lowest BCUT2D eigenvalue weighted by Crippen LogP contribution is -2.48. The average Bonchev–Trinajstić information content (AvgIpc) is 3.04. The molecule has 2 atom stereocenters. The zero-order chi connectivity index (χ0) is 22.2. The van der Waals surface area contributed by atoms with Gasteiger partial charge in [-0.3, -0.25) is 9.48 Å². The van der Waals surface area contributed by atoms with E-state index in [0.717, 1.165) is 22.5 Å². The Bertz CT molecular complexity index is 938. The molecule has 5 nitrogen and oxygen atoms in total. The molecule has 0 bridgehead atoms. The number of carbonyl (C=O) groups is 1. The van der Waals surface area contributed by atoms with Crippen LogP contribution in [0.2, 0.25) is 0 Å². The maximum Gasteiger partial charge on any atom is 0.403 e. The van der Waals surface area contributed by atoms with Gasteiger partial charge in [-0.05, 0) is 61.9 Å². The van der Waals surface area contributed by atoms with Gasteiger partial charge < -0.3 is 10.2 Å². The van der Waals surface area contributed by atoms with Gasteiger partial charge in [0.05, 0.1) is 24.5 Å². The van der Waals surface area contributed by atoms with Gasteiger partial charge in [-0.2, -0.15) is 18.3 Å². The van der Waals surface area contributed by atoms with E-state index in [9.17, 15) is 22.4 Å². The standard InChI is InChI=1S/C22H26F4N4O/c1-14-18-7-9-29(21(31)11-16-6-8-27-20(10-16)22(24,25)26)13-19(18)30(28-14)12-15-2-4-17(23)5-3-15/h2-5,16,20,27H,6-13H2,1H3. The topological polar surface area (TPSA) is 50.2 Å². The molecular formula is C22H26F4N4O. The number of piperidine rings is 1. The number of alkyl halides is 3. The summed E-state index contributed by atoms with van der Waals surface area (Å²) >= 11 is 0. The molecule has 0 spiro atoms. The highest BCUT2D eigenvalue weighted by Gasteiger charge is 2.42. The van der Waals surface area contributed by atoms with Crippen LogP contribution in [0.3, 0.4) is 0 Å². The Morgan fingerprint density at radius 2 is 2.00 bits per heavy atom. The number of hydrogen-bond acceptors (Lipinski definition) is 3. The van der Waals surface area contributed by atoms with E-state index in [0.29, 0.717) is 32.5 Å². The highest BCUT2D eigenvalue weighted by Crippen LogP contribution is 2.31. The summed E-state index contributed by atoms with van der Waals surface area (Å²) < 4.78 is 54.1. The number of fused-ring (bicyclic) bond motifs is 1. The van der Waals surface area contributed by atoms with Gasteiger partial charge in [0.15, 0.2) is 0 Å². The van der Waals surface area contributed by atoms with Crippen molar-refractivity contribution in [2.24, 2.45) is 5.92 Å². The Balaban J connectivity index is 1.43. The number of nitrogens with one attached hydrogen (secondary N) is 1. The molecule has 31 heavy (non-hydrogen) atoms. The monoisotopic (exact) mass is 438 g/mol. The van der Waals surface area contributed by atoms with Gasteiger partial charge in [0, 0.05) is 13.0 Å². The molecule has 2 unspecified atom stereocenters. The van der Waals surface area contributed by atoms with Crippen LogP contribution in [0, 0.1) is 18.7 Å². The zero-order valence-electron chi connectivity index (χ0n) is 17.4. The SMILES string of the molecule is Cc1nn(Cc2ccc(F)cc2)c2c1CCN(C(=O)CC1CCNC(C(F)(F)F)C1)C2. The molecule has 1 fully saturated rings. The number of aryl methyl sites for hydroxylation is 1. The van der Waals surface area contributed by atoms with Crippen molar-refractivity contribution in [3.63, 3.8) is 0 Å². The fourth-order valence-corrected chi connectivity index (χ4v) is 4.59. The van der Waals surface area contributed by atoms with Crippen molar-refractivity contribution in [1.82, 2.24) is 20.0 Å². The number of halogens is 4. The number of benzene rings is 1. The van der Waals surface area contributed by atoms with Crippen LogP contribution in [0.1, 0.15) is 41.8 Å². The summed E-state index contributed by atoms with van der Waals surface area (Å²) in [6.45, 7) is 3.62. The van der Waals surface area contributed by atoms with Crippen molar-refractivity contribution >= 4 is 5.91 Å². The summed E-state index contributed by atoms with van der Waals surface area (Å²) in [4.78, 5) is 14.6. The van der Waals surface area contributed by atoms with Crippen LogP contribution in [0.15, 0.2) is 24.3 Å². The van der Waals surface area contributed by atoms with Crippen LogP contribution in [0.4, 0.5) is 17.6 Å². The molecule has 3 heterocycles. The van der Waals surface area contributed by atoms with E-state index >= 15 is 0 Å². The number of nitrogens with zero attached hydrogens (tertiary/aromatic N) is 3. The minimum atomic E-state index is -4.29. The molecule has 4 rings (SSSR count). The lowest BCUT2D eigenvalue weighted by Gasteiger charge is -2.33. The minimum absolute atomic E-state index is 0.0596. The number of carbonyl (C=O) groups excluding carboxylic acids is 1. The third-order valence-corrected chi connectivity index (χ3v) is 6.31. The predicted octanol–water partition coefficient (Wildman–Crippen LogP) is 3.58. The Morgan fingerprint density at radius 1 is 1.26 bits per heavy atom. The van der Waals surface area contributed by atoms with E-state index in [4.69, 9.17) is 0 Å². The summed E-state index contributed by atoms with van der Waals surface area (Å²) in [5, 5.41) is 7.11. The first-order valence-corrected chi connectivity index (χ1v) is 10.6. The molecule has 168 valence electrons. The molecule has 0 saturated carbocycles. The number of hydrogen-bond donors (Lipinski definition) is 1. The van der Waals surface area contributed by atoms with Gasteiger partial charge in [-0.25, -0.2) is 4.39 Å². The van der Waals surface area contributed by atoms with Crippen molar-refractivity contribution in [3.8, 4) is 0 Å². The van der Waals surface area contributed by atoms with Crippen molar-refractivity contribution in [2.45, 2.75) is 57.9 Å². The average molecular weight is 438 g/mol. The highest BCUT2D eigenvalue weighted by atomic mass is 19.4. The van der Waals surface area contributed by atoms with Crippen LogP contribution >= 0.6 is 0 Å². The molecule has 1 amide bonds. The highest BCUT2D eigenvalue weighted by molar-refractivity contribution is 5.76. The van der Waals surface area contributed by atoms with E-state index in [1.807, 2.05) is 11.6 Å². The maximum atomic E-state index is 13.2. The van der Waals surface area contributed by atoms with Gasteiger partial charge >= 0.3 is 6.18 Å². The normalized spacial score (nSPS) is 21.8. The Morgan fingerprint density at radius 3 is 2.71 bits per heavy atom. The quantitative estimate of drug-likeness (QED) is 0.743. The van der Waals surface area contributed by atoms with Gasteiger partial charge in [-0.15, -0.1) is 0 Å². The number of rotatable bonds is 4. The summed E-state index contributed by atoms with van der Waals surface area (Å²) in [6.07, 6.45) is -2.97. The van der Waals surface area contributed by atoms with Crippen LogP contribution in [0.25, 0.3) is 0 Å². The molecule has 1 saturated heterocycles. The first kappa shape index (κ1) is 21.8. The predicted molar refractivity (Wildman–Crippen MR) is 107 cm³/mol. The van der Waals surface area contributed by atoms with Gasteiger partial charge in [0.2, 0.25) is 5.91 Å². The number of amides is 1. The second-order valence-electron chi connectivity index (χ2n) is 8.50. The van der Waals surface area contributed by atoms with Gasteiger partial charge in [0.25, 0.3) is 0 Å². The molecule has 9 heteroatoms. The van der Waals surface area contributed by atoms with Crippen LogP contribution < -0.4 is 5.32 Å². The Kier molecular flexibility index (Phi) is 6.05. The fourth-order valence-electron chi connectivity index (χ4n) is 4.59. The molecule has 2 aromatic rings. The summed E-state index contributed by atoms with van der Waals surface area (Å²) in [5.41, 5.74) is 3.88. The number of aromatic nitrogens is 2. The smallest absolute Gasteiger partial charge is 0.336 e. The van der Waals surface area contributed by atoms with Gasteiger partial charge in [-0.1, -0.05) is 12.1 Å². The molecule has 0 radical (unpaired) electrons. The van der Waals surface area contributed by atoms with Gasteiger partial charge in [0.1, 0.15) is 11.9 Å². The summed E-state index contributed by atoms with van der Waals surface area (Å²) in [6, 6.07) is 4.69. The first-order chi connectivity index (χ1) is 14.7. The summed E-state index contributed by atoms with van der Waals surface area (Å²) in [5.74, 6) is -0.678. The van der Waals surface area contributed by atoms with Crippen LogP contribution in [0.5, 0.6) is 0 Å². The summed E-state index contributed by atoms with van der Waals surface area (Å²) in [7, 11) is 0. The van der Waals surface area contributed by atoms with Crippen LogP contribution in [-0.4, -0.2) is 45.9 Å². The third kappa shape index (κ3) is 4.92. The minimum Gasteiger partial charge on any atom is -0.336 e. The Labute approximate surface area is 178 Å². The second kappa shape index (κ2) is 8.61. The Hall–Kier alpha value is -2.42. The first-order valence-electron chi connectivity index (χ1n) is 10.6. The molecular weight excluding hydrogens is 412 g/mol. The molecule has 0 aliphatic carbocycles. The van der Waals surface area contributed by atoms with E-state index in [1.54, 1.807) is 17.0 Å².